The van der Waals surface area contributed by atoms with Gasteiger partial charge in [-0.1, -0.05) is 0 Å². The molecule has 3 heterocycles. The van der Waals surface area contributed by atoms with E-state index in [0.717, 1.165) is 29.9 Å². The molecular formula is C16H16F4N4O2S. The second-order valence-electron chi connectivity index (χ2n) is 7.45. The van der Waals surface area contributed by atoms with Crippen LogP contribution in [-0.4, -0.2) is 45.1 Å². The summed E-state index contributed by atoms with van der Waals surface area (Å²) in [4.78, 5) is 0.708. The summed E-state index contributed by atoms with van der Waals surface area (Å²) in [7, 11) is -4.17. The van der Waals surface area contributed by atoms with Crippen molar-refractivity contribution in [3.8, 4) is 0 Å². The number of piperazine rings is 1. The van der Waals surface area contributed by atoms with Crippen molar-refractivity contribution >= 4 is 27.2 Å². The Morgan fingerprint density at radius 3 is 2.63 bits per heavy atom. The lowest BCUT2D eigenvalue weighted by molar-refractivity contribution is -0.152. The molecule has 6 nitrogen and oxygen atoms in total. The smallest absolute Gasteiger partial charge is 0.352 e. The number of nitrogens with one attached hydrogen (secondary N) is 2. The van der Waals surface area contributed by atoms with E-state index in [1.165, 1.54) is 0 Å². The number of hydrogen-bond acceptors (Lipinski definition) is 5. The number of anilines is 2. The molecule has 0 aromatic heterocycles. The predicted molar refractivity (Wildman–Crippen MR) is 89.9 cm³/mol. The third kappa shape index (κ3) is 2.62. The monoisotopic (exact) mass is 404 g/mol. The molecule has 3 aliphatic heterocycles. The fraction of sp³-hybridized carbons (Fsp3) is 0.562. The number of benzene rings is 1. The zero-order valence-electron chi connectivity index (χ0n) is 13.9. The molecule has 1 aliphatic carbocycles. The number of hydrogen-bond donors (Lipinski definition) is 2. The van der Waals surface area contributed by atoms with Crippen LogP contribution in [0.3, 0.4) is 0 Å². The van der Waals surface area contributed by atoms with E-state index in [1.54, 1.807) is 0 Å². The van der Waals surface area contributed by atoms with E-state index in [2.05, 4.69) is 15.0 Å². The highest BCUT2D eigenvalue weighted by atomic mass is 32.2. The zero-order chi connectivity index (χ0) is 19.1. The molecule has 1 aromatic rings. The van der Waals surface area contributed by atoms with Gasteiger partial charge in [0, 0.05) is 24.5 Å². The molecule has 5 rings (SSSR count). The van der Waals surface area contributed by atoms with E-state index in [-0.39, 0.29) is 29.5 Å². The highest BCUT2D eigenvalue weighted by Crippen LogP contribution is 2.48. The van der Waals surface area contributed by atoms with Crippen LogP contribution >= 0.6 is 0 Å². The maximum Gasteiger partial charge on any atom is 0.410 e. The van der Waals surface area contributed by atoms with Gasteiger partial charge in [0.25, 0.3) is 10.0 Å². The Labute approximate surface area is 152 Å². The summed E-state index contributed by atoms with van der Waals surface area (Å²) in [5.74, 6) is -0.738. The van der Waals surface area contributed by atoms with Crippen molar-refractivity contribution in [3.05, 3.63) is 17.9 Å². The van der Waals surface area contributed by atoms with Crippen LogP contribution in [0.2, 0.25) is 0 Å². The number of rotatable bonds is 2. The molecule has 4 aliphatic rings. The van der Waals surface area contributed by atoms with Crippen molar-refractivity contribution in [2.24, 2.45) is 10.3 Å². The van der Waals surface area contributed by atoms with E-state index in [0.29, 0.717) is 6.54 Å². The van der Waals surface area contributed by atoms with Gasteiger partial charge in [0.2, 0.25) is 0 Å². The molecule has 3 fully saturated rings. The molecule has 1 unspecified atom stereocenters. The molecule has 3 atom stereocenters. The average Bonchev–Trinajstić information content (AvgIpc) is 3.21. The minimum Gasteiger partial charge on any atom is -0.352 e. The van der Waals surface area contributed by atoms with Crippen molar-refractivity contribution in [2.45, 2.75) is 48.5 Å². The van der Waals surface area contributed by atoms with Gasteiger partial charge in [-0.3, -0.25) is 0 Å². The lowest BCUT2D eigenvalue weighted by atomic mass is 10.1. The van der Waals surface area contributed by atoms with Crippen molar-refractivity contribution < 1.29 is 26.0 Å². The van der Waals surface area contributed by atoms with E-state index in [4.69, 9.17) is 0 Å². The third-order valence-electron chi connectivity index (χ3n) is 5.59. The predicted octanol–water partition coefficient (Wildman–Crippen LogP) is 2.23. The number of sulfonamides is 1. The van der Waals surface area contributed by atoms with Crippen LogP contribution in [-0.2, 0) is 10.0 Å². The molecule has 2 saturated heterocycles. The molecule has 27 heavy (non-hydrogen) atoms. The fourth-order valence-electron chi connectivity index (χ4n) is 4.32. The van der Waals surface area contributed by atoms with Crippen LogP contribution in [0.15, 0.2) is 21.4 Å². The first kappa shape index (κ1) is 17.2. The van der Waals surface area contributed by atoms with E-state index >= 15 is 0 Å². The van der Waals surface area contributed by atoms with Crippen molar-refractivity contribution in [1.82, 2.24) is 5.32 Å². The van der Waals surface area contributed by atoms with Crippen LogP contribution in [0, 0.1) is 11.7 Å². The maximum absolute atomic E-state index is 14.2. The summed E-state index contributed by atoms with van der Waals surface area (Å²) in [6.07, 6.45) is -2.74. The lowest BCUT2D eigenvalue weighted by Crippen LogP contribution is -2.58. The summed E-state index contributed by atoms with van der Waals surface area (Å²) < 4.78 is 84.1. The van der Waals surface area contributed by atoms with Gasteiger partial charge in [0.05, 0.1) is 11.4 Å². The van der Waals surface area contributed by atoms with E-state index in [9.17, 15) is 26.0 Å². The van der Waals surface area contributed by atoms with E-state index < -0.39 is 45.0 Å². The van der Waals surface area contributed by atoms with Crippen LogP contribution in [0.1, 0.15) is 19.3 Å². The quantitative estimate of drug-likeness (QED) is 0.740. The Kier molecular flexibility index (Phi) is 3.41. The Hall–Kier alpha value is -1.88. The number of halogens is 4. The lowest BCUT2D eigenvalue weighted by Gasteiger charge is -2.40. The van der Waals surface area contributed by atoms with Gasteiger partial charge < -0.3 is 15.5 Å². The normalized spacial score (nSPS) is 31.5. The van der Waals surface area contributed by atoms with Crippen LogP contribution < -0.4 is 15.5 Å². The number of amidine groups is 1. The number of nitrogens with zero attached hydrogens (tertiary/aromatic N) is 2. The van der Waals surface area contributed by atoms with Crippen LogP contribution in [0.25, 0.3) is 0 Å². The SMILES string of the molecule is O=S1(=O)N=C(C2CC2)Nc2c(N3C(C(F)(F)F)[C@@H]4C[C@H]3CN4)cc(F)cc21. The van der Waals surface area contributed by atoms with Gasteiger partial charge in [0.15, 0.2) is 0 Å². The molecule has 1 aromatic carbocycles. The zero-order valence-corrected chi connectivity index (χ0v) is 14.7. The fourth-order valence-corrected chi connectivity index (χ4v) is 5.54. The molecule has 1 saturated carbocycles. The maximum atomic E-state index is 14.2. The van der Waals surface area contributed by atoms with E-state index in [1.807, 2.05) is 0 Å². The van der Waals surface area contributed by atoms with Gasteiger partial charge in [-0.15, -0.1) is 4.40 Å². The van der Waals surface area contributed by atoms with Crippen molar-refractivity contribution in [2.75, 3.05) is 16.8 Å². The Balaban J connectivity index is 1.68. The topological polar surface area (TPSA) is 73.8 Å². The molecule has 2 N–H and O–H groups in total. The Morgan fingerprint density at radius 1 is 1.22 bits per heavy atom. The summed E-state index contributed by atoms with van der Waals surface area (Å²) in [6, 6.07) is -1.33. The first-order chi connectivity index (χ1) is 12.6. The molecule has 0 amide bonds. The van der Waals surface area contributed by atoms with Crippen molar-refractivity contribution in [3.63, 3.8) is 0 Å². The standard InChI is InChI=1S/C16H16F4N4O2S/c17-8-3-11(24-9-5-10(21-6-9)14(24)16(18,19)20)13-12(4-8)27(25,26)23-15(22-13)7-1-2-7/h3-4,7,9-10,14,21H,1-2,5-6H2,(H,22,23)/t9-,10-,14?/m0/s1. The first-order valence-corrected chi connectivity index (χ1v) is 10.1. The summed E-state index contributed by atoms with van der Waals surface area (Å²) >= 11 is 0. The van der Waals surface area contributed by atoms with Gasteiger partial charge in [-0.2, -0.15) is 21.6 Å². The van der Waals surface area contributed by atoms with Crippen molar-refractivity contribution in [1.29, 1.82) is 0 Å². The van der Waals surface area contributed by atoms with Gasteiger partial charge in [0.1, 0.15) is 22.6 Å². The van der Waals surface area contributed by atoms with Crippen LogP contribution in [0.5, 0.6) is 0 Å². The third-order valence-corrected chi connectivity index (χ3v) is 6.90. The number of fused-ring (bicyclic) bond motifs is 3. The Morgan fingerprint density at radius 2 is 1.96 bits per heavy atom. The highest BCUT2D eigenvalue weighted by Gasteiger charge is 2.58. The minimum atomic E-state index is -4.53. The molecule has 0 radical (unpaired) electrons. The summed E-state index contributed by atoms with van der Waals surface area (Å²) in [5, 5.41) is 5.74. The second-order valence-corrected chi connectivity index (χ2v) is 9.02. The second kappa shape index (κ2) is 5.34. The Bertz CT molecular complexity index is 958. The number of alkyl halides is 3. The largest absolute Gasteiger partial charge is 0.410 e. The molecule has 2 bridgehead atoms. The van der Waals surface area contributed by atoms with Gasteiger partial charge in [-0.05, 0) is 31.4 Å². The first-order valence-electron chi connectivity index (χ1n) is 8.69. The summed E-state index contributed by atoms with van der Waals surface area (Å²) in [6.45, 7) is 0.332. The molecule has 11 heteroatoms. The van der Waals surface area contributed by atoms with Gasteiger partial charge in [-0.25, -0.2) is 4.39 Å². The molecular weight excluding hydrogens is 388 g/mol. The van der Waals surface area contributed by atoms with Gasteiger partial charge >= 0.3 is 6.18 Å². The molecule has 146 valence electrons. The summed E-state index contributed by atoms with van der Waals surface area (Å²) in [5.41, 5.74) is -0.0759. The minimum absolute atomic E-state index is 0.00454. The van der Waals surface area contributed by atoms with Crippen LogP contribution in [0.4, 0.5) is 28.9 Å². The molecule has 0 spiro atoms. The average molecular weight is 404 g/mol. The highest BCUT2D eigenvalue weighted by molar-refractivity contribution is 7.90.